The summed E-state index contributed by atoms with van der Waals surface area (Å²) in [5.41, 5.74) is 6.73. The Kier molecular flexibility index (Phi) is 6.45. The molecule has 1 aromatic rings. The second-order valence-electron chi connectivity index (χ2n) is 4.75. The highest BCUT2D eigenvalue weighted by atomic mass is 32.2. The van der Waals surface area contributed by atoms with Gasteiger partial charge in [0.25, 0.3) is 0 Å². The van der Waals surface area contributed by atoms with E-state index in [0.717, 1.165) is 19.5 Å². The minimum Gasteiger partial charge on any atom is -0.385 e. The Morgan fingerprint density at radius 2 is 1.82 bits per heavy atom. The maximum absolute atomic E-state index is 5.53. The van der Waals surface area contributed by atoms with E-state index in [1.165, 1.54) is 10.6 Å². The molecular formula is C14H24N2S. The maximum Gasteiger partial charge on any atom is 0.0341 e. The van der Waals surface area contributed by atoms with E-state index in [-0.39, 0.29) is 0 Å². The van der Waals surface area contributed by atoms with Gasteiger partial charge >= 0.3 is 0 Å². The largest absolute Gasteiger partial charge is 0.385 e. The number of rotatable bonds is 7. The van der Waals surface area contributed by atoms with Crippen LogP contribution in [0.25, 0.3) is 0 Å². The first kappa shape index (κ1) is 14.4. The monoisotopic (exact) mass is 252 g/mol. The van der Waals surface area contributed by atoms with Crippen molar-refractivity contribution in [2.75, 3.05) is 18.4 Å². The molecule has 0 amide bonds. The quantitative estimate of drug-likeness (QED) is 0.728. The van der Waals surface area contributed by atoms with Crippen LogP contribution in [0.2, 0.25) is 0 Å². The number of hydrogen-bond acceptors (Lipinski definition) is 3. The van der Waals surface area contributed by atoms with Crippen LogP contribution in [0, 0.1) is 5.92 Å². The average molecular weight is 252 g/mol. The van der Waals surface area contributed by atoms with Gasteiger partial charge in [0, 0.05) is 22.4 Å². The predicted octanol–water partition coefficient (Wildman–Crippen LogP) is 3.58. The van der Waals surface area contributed by atoms with Crippen LogP contribution in [0.5, 0.6) is 0 Å². The SMILES string of the molecule is CC(CCN)CNc1ccc(SC(C)C)cc1. The first-order valence-electron chi connectivity index (χ1n) is 6.32. The Labute approximate surface area is 109 Å². The number of anilines is 1. The highest BCUT2D eigenvalue weighted by Crippen LogP contribution is 2.24. The maximum atomic E-state index is 5.53. The van der Waals surface area contributed by atoms with Gasteiger partial charge in [0.2, 0.25) is 0 Å². The molecule has 0 fully saturated rings. The molecular weight excluding hydrogens is 228 g/mol. The molecule has 0 aliphatic rings. The fourth-order valence-electron chi connectivity index (χ4n) is 1.60. The number of nitrogens with two attached hydrogens (primary N) is 1. The van der Waals surface area contributed by atoms with Crippen LogP contribution >= 0.6 is 11.8 Å². The minimum atomic E-state index is 0.629. The van der Waals surface area contributed by atoms with Gasteiger partial charge in [-0.3, -0.25) is 0 Å². The van der Waals surface area contributed by atoms with Gasteiger partial charge in [0.15, 0.2) is 0 Å². The molecule has 0 bridgehead atoms. The van der Waals surface area contributed by atoms with Crippen molar-refractivity contribution in [3.8, 4) is 0 Å². The molecule has 0 spiro atoms. The zero-order valence-electron chi connectivity index (χ0n) is 11.1. The first-order valence-corrected chi connectivity index (χ1v) is 7.20. The van der Waals surface area contributed by atoms with E-state index in [0.29, 0.717) is 11.2 Å². The second kappa shape index (κ2) is 7.62. The lowest BCUT2D eigenvalue weighted by atomic mass is 10.1. The summed E-state index contributed by atoms with van der Waals surface area (Å²) in [6, 6.07) is 8.67. The van der Waals surface area contributed by atoms with Crippen LogP contribution in [0.3, 0.4) is 0 Å². The van der Waals surface area contributed by atoms with Crippen molar-refractivity contribution in [2.24, 2.45) is 11.7 Å². The van der Waals surface area contributed by atoms with Gasteiger partial charge in [-0.15, -0.1) is 11.8 Å². The lowest BCUT2D eigenvalue weighted by Crippen LogP contribution is -2.15. The van der Waals surface area contributed by atoms with E-state index in [1.54, 1.807) is 0 Å². The number of benzene rings is 1. The van der Waals surface area contributed by atoms with Gasteiger partial charge in [-0.2, -0.15) is 0 Å². The normalized spacial score (nSPS) is 12.8. The van der Waals surface area contributed by atoms with Crippen LogP contribution in [0.4, 0.5) is 5.69 Å². The molecule has 0 saturated heterocycles. The summed E-state index contributed by atoms with van der Waals surface area (Å²) in [6.07, 6.45) is 1.08. The molecule has 0 aliphatic carbocycles. The minimum absolute atomic E-state index is 0.629. The predicted molar refractivity (Wildman–Crippen MR) is 78.8 cm³/mol. The Hall–Kier alpha value is -0.670. The molecule has 0 radical (unpaired) electrons. The summed E-state index contributed by atoms with van der Waals surface area (Å²) in [5.74, 6) is 0.629. The smallest absolute Gasteiger partial charge is 0.0341 e. The van der Waals surface area contributed by atoms with Crippen LogP contribution in [-0.4, -0.2) is 18.3 Å². The Morgan fingerprint density at radius 3 is 2.35 bits per heavy atom. The molecule has 0 aliphatic heterocycles. The van der Waals surface area contributed by atoms with Gasteiger partial charge < -0.3 is 11.1 Å². The van der Waals surface area contributed by atoms with Gasteiger partial charge in [-0.05, 0) is 43.1 Å². The van der Waals surface area contributed by atoms with Crippen molar-refractivity contribution in [2.45, 2.75) is 37.3 Å². The van der Waals surface area contributed by atoms with Crippen LogP contribution < -0.4 is 11.1 Å². The first-order chi connectivity index (χ1) is 8.11. The van der Waals surface area contributed by atoms with E-state index in [4.69, 9.17) is 5.73 Å². The Bertz CT molecular complexity index is 309. The van der Waals surface area contributed by atoms with Crippen molar-refractivity contribution in [3.05, 3.63) is 24.3 Å². The standard InChI is InChI=1S/C14H24N2S/c1-11(2)17-14-6-4-13(5-7-14)16-10-12(3)8-9-15/h4-7,11-12,16H,8-10,15H2,1-3H3. The molecule has 3 N–H and O–H groups in total. The topological polar surface area (TPSA) is 38.0 Å². The summed E-state index contributed by atoms with van der Waals surface area (Å²) < 4.78 is 0. The Morgan fingerprint density at radius 1 is 1.18 bits per heavy atom. The number of thioether (sulfide) groups is 1. The van der Waals surface area contributed by atoms with E-state index in [1.807, 2.05) is 11.8 Å². The highest BCUT2D eigenvalue weighted by Gasteiger charge is 2.01. The van der Waals surface area contributed by atoms with Crippen molar-refractivity contribution >= 4 is 17.4 Å². The van der Waals surface area contributed by atoms with Crippen LogP contribution in [0.1, 0.15) is 27.2 Å². The summed E-state index contributed by atoms with van der Waals surface area (Å²) in [6.45, 7) is 8.42. The summed E-state index contributed by atoms with van der Waals surface area (Å²) in [5, 5.41) is 4.08. The third-order valence-corrected chi connectivity index (χ3v) is 3.56. The van der Waals surface area contributed by atoms with Crippen molar-refractivity contribution in [1.29, 1.82) is 0 Å². The van der Waals surface area contributed by atoms with Crippen molar-refractivity contribution < 1.29 is 0 Å². The second-order valence-corrected chi connectivity index (χ2v) is 6.40. The molecule has 1 aromatic carbocycles. The van der Waals surface area contributed by atoms with Gasteiger partial charge in [-0.25, -0.2) is 0 Å². The van der Waals surface area contributed by atoms with Gasteiger partial charge in [-0.1, -0.05) is 20.8 Å². The molecule has 17 heavy (non-hydrogen) atoms. The van der Waals surface area contributed by atoms with Crippen LogP contribution in [0.15, 0.2) is 29.2 Å². The molecule has 2 nitrogen and oxygen atoms in total. The van der Waals surface area contributed by atoms with E-state index in [2.05, 4.69) is 50.4 Å². The molecule has 1 rings (SSSR count). The molecule has 0 aromatic heterocycles. The third kappa shape index (κ3) is 5.99. The fourth-order valence-corrected chi connectivity index (χ4v) is 2.44. The van der Waals surface area contributed by atoms with E-state index >= 15 is 0 Å². The third-order valence-electron chi connectivity index (χ3n) is 2.54. The molecule has 1 atom stereocenters. The molecule has 96 valence electrons. The zero-order valence-corrected chi connectivity index (χ0v) is 11.9. The Balaban J connectivity index is 2.40. The van der Waals surface area contributed by atoms with Crippen LogP contribution in [-0.2, 0) is 0 Å². The average Bonchev–Trinajstić information content (AvgIpc) is 2.28. The molecule has 1 unspecified atom stereocenters. The lowest BCUT2D eigenvalue weighted by Gasteiger charge is -2.13. The number of hydrogen-bond donors (Lipinski definition) is 2. The summed E-state index contributed by atoms with van der Waals surface area (Å²) in [4.78, 5) is 1.33. The molecule has 0 heterocycles. The summed E-state index contributed by atoms with van der Waals surface area (Å²) >= 11 is 1.90. The molecule has 0 saturated carbocycles. The number of nitrogens with one attached hydrogen (secondary N) is 1. The fraction of sp³-hybridized carbons (Fsp3) is 0.571. The van der Waals surface area contributed by atoms with Crippen molar-refractivity contribution in [3.63, 3.8) is 0 Å². The molecule has 3 heteroatoms. The lowest BCUT2D eigenvalue weighted by molar-refractivity contribution is 0.568. The van der Waals surface area contributed by atoms with Gasteiger partial charge in [0.1, 0.15) is 0 Å². The summed E-state index contributed by atoms with van der Waals surface area (Å²) in [7, 11) is 0. The van der Waals surface area contributed by atoms with E-state index < -0.39 is 0 Å². The van der Waals surface area contributed by atoms with Crippen molar-refractivity contribution in [1.82, 2.24) is 0 Å². The van der Waals surface area contributed by atoms with Gasteiger partial charge in [0.05, 0.1) is 0 Å². The highest BCUT2D eigenvalue weighted by molar-refractivity contribution is 7.99. The van der Waals surface area contributed by atoms with E-state index in [9.17, 15) is 0 Å². The zero-order chi connectivity index (χ0) is 12.7.